The Hall–Kier alpha value is -0.670. The van der Waals surface area contributed by atoms with Crippen molar-refractivity contribution in [2.24, 2.45) is 0 Å². The van der Waals surface area contributed by atoms with Crippen molar-refractivity contribution in [2.45, 2.75) is 13.3 Å². The fourth-order valence-corrected chi connectivity index (χ4v) is 1.56. The zero-order valence-corrected chi connectivity index (χ0v) is 7.89. The average Bonchev–Trinajstić information content (AvgIpc) is 2.56. The number of hydrogen-bond acceptors (Lipinski definition) is 3. The third kappa shape index (κ3) is 2.75. The summed E-state index contributed by atoms with van der Waals surface area (Å²) in [5.74, 6) is 0.179. The molecule has 1 heterocycles. The molecule has 0 aliphatic heterocycles. The van der Waals surface area contributed by atoms with Gasteiger partial charge in [0.2, 0.25) is 0 Å². The highest BCUT2D eigenvalue weighted by atomic mass is 32.1. The first-order chi connectivity index (χ1) is 5.84. The van der Waals surface area contributed by atoms with E-state index in [0.29, 0.717) is 19.6 Å². The smallest absolute Gasteiger partial charge is 0.175 e. The van der Waals surface area contributed by atoms with Gasteiger partial charge in [0, 0.05) is 13.0 Å². The Kier molecular flexibility index (Phi) is 3.97. The van der Waals surface area contributed by atoms with Gasteiger partial charge < -0.3 is 4.74 Å². The summed E-state index contributed by atoms with van der Waals surface area (Å²) >= 11 is 1.48. The van der Waals surface area contributed by atoms with E-state index in [-0.39, 0.29) is 5.78 Å². The molecule has 0 aromatic carbocycles. The maximum Gasteiger partial charge on any atom is 0.175 e. The molecule has 3 heteroatoms. The fourth-order valence-electron chi connectivity index (χ4n) is 0.870. The summed E-state index contributed by atoms with van der Waals surface area (Å²) in [6.07, 6.45) is 0.494. The van der Waals surface area contributed by atoms with Crippen LogP contribution < -0.4 is 0 Å². The largest absolute Gasteiger partial charge is 0.381 e. The molecule has 0 N–H and O–H groups in total. The third-order valence-electron chi connectivity index (χ3n) is 1.47. The number of ketones is 1. The van der Waals surface area contributed by atoms with E-state index in [1.54, 1.807) is 0 Å². The van der Waals surface area contributed by atoms with Crippen LogP contribution in [0.2, 0.25) is 0 Å². The first-order valence-corrected chi connectivity index (χ1v) is 4.87. The minimum atomic E-state index is 0.179. The molecule has 0 amide bonds. The minimum absolute atomic E-state index is 0.179. The molecule has 0 bridgehead atoms. The molecule has 0 aliphatic rings. The van der Waals surface area contributed by atoms with Crippen LogP contribution in [0.4, 0.5) is 0 Å². The first kappa shape index (κ1) is 9.42. The van der Waals surface area contributed by atoms with Gasteiger partial charge in [-0.3, -0.25) is 4.79 Å². The van der Waals surface area contributed by atoms with Crippen molar-refractivity contribution >= 4 is 17.1 Å². The summed E-state index contributed by atoms with van der Waals surface area (Å²) < 4.78 is 5.09. The minimum Gasteiger partial charge on any atom is -0.381 e. The quantitative estimate of drug-likeness (QED) is 0.518. The summed E-state index contributed by atoms with van der Waals surface area (Å²) in [6, 6.07) is 3.73. The number of carbonyl (C=O) groups is 1. The highest BCUT2D eigenvalue weighted by molar-refractivity contribution is 7.12. The molecule has 1 aromatic heterocycles. The van der Waals surface area contributed by atoms with Crippen LogP contribution in [0.3, 0.4) is 0 Å². The fraction of sp³-hybridized carbons (Fsp3) is 0.444. The average molecular weight is 184 g/mol. The lowest BCUT2D eigenvalue weighted by molar-refractivity contribution is 0.0899. The summed E-state index contributed by atoms with van der Waals surface area (Å²) in [5, 5.41) is 1.91. The van der Waals surface area contributed by atoms with Crippen molar-refractivity contribution < 1.29 is 9.53 Å². The van der Waals surface area contributed by atoms with Crippen molar-refractivity contribution in [3.05, 3.63) is 22.4 Å². The van der Waals surface area contributed by atoms with Gasteiger partial charge in [-0.1, -0.05) is 6.07 Å². The molecule has 1 rings (SSSR count). The van der Waals surface area contributed by atoms with Crippen molar-refractivity contribution in [1.29, 1.82) is 0 Å². The molecular weight excluding hydrogens is 172 g/mol. The van der Waals surface area contributed by atoms with Crippen LogP contribution in [0.5, 0.6) is 0 Å². The lowest BCUT2D eigenvalue weighted by atomic mass is 10.2. The molecule has 12 heavy (non-hydrogen) atoms. The zero-order chi connectivity index (χ0) is 8.81. The molecule has 0 radical (unpaired) electrons. The van der Waals surface area contributed by atoms with E-state index >= 15 is 0 Å². The highest BCUT2D eigenvalue weighted by Crippen LogP contribution is 2.10. The topological polar surface area (TPSA) is 26.3 Å². The Morgan fingerprint density at radius 3 is 3.08 bits per heavy atom. The summed E-state index contributed by atoms with van der Waals surface area (Å²) in [4.78, 5) is 12.1. The van der Waals surface area contributed by atoms with E-state index in [1.165, 1.54) is 11.3 Å². The monoisotopic (exact) mass is 184 g/mol. The lowest BCUT2D eigenvalue weighted by Crippen LogP contribution is -2.02. The lowest BCUT2D eigenvalue weighted by Gasteiger charge is -1.97. The second kappa shape index (κ2) is 5.06. The van der Waals surface area contributed by atoms with Gasteiger partial charge in [-0.2, -0.15) is 0 Å². The first-order valence-electron chi connectivity index (χ1n) is 3.99. The number of rotatable bonds is 5. The zero-order valence-electron chi connectivity index (χ0n) is 7.08. The van der Waals surface area contributed by atoms with Crippen LogP contribution in [0, 0.1) is 0 Å². The number of carbonyl (C=O) groups excluding carboxylic acids is 1. The SMILES string of the molecule is CCOCCC(=O)c1cccs1. The third-order valence-corrected chi connectivity index (χ3v) is 2.38. The van der Waals surface area contributed by atoms with Crippen LogP contribution in [-0.4, -0.2) is 19.0 Å². The molecule has 0 atom stereocenters. The number of ether oxygens (including phenoxy) is 1. The van der Waals surface area contributed by atoms with Crippen LogP contribution in [0.15, 0.2) is 17.5 Å². The summed E-state index contributed by atoms with van der Waals surface area (Å²) in [5.41, 5.74) is 0. The standard InChI is InChI=1S/C9H12O2S/c1-2-11-6-5-8(10)9-4-3-7-12-9/h3-4,7H,2,5-6H2,1H3. The maximum absolute atomic E-state index is 11.3. The van der Waals surface area contributed by atoms with Crippen LogP contribution in [0.1, 0.15) is 23.0 Å². The van der Waals surface area contributed by atoms with E-state index in [1.807, 2.05) is 24.4 Å². The van der Waals surface area contributed by atoms with Gasteiger partial charge in [-0.15, -0.1) is 11.3 Å². The predicted molar refractivity (Wildman–Crippen MR) is 49.8 cm³/mol. The number of Topliss-reactive ketones (excluding diaryl/α,β-unsaturated/α-hetero) is 1. The van der Waals surface area contributed by atoms with E-state index < -0.39 is 0 Å². The molecule has 0 saturated heterocycles. The van der Waals surface area contributed by atoms with Crippen molar-refractivity contribution in [2.75, 3.05) is 13.2 Å². The molecular formula is C9H12O2S. The Labute approximate surface area is 76.2 Å². The van der Waals surface area contributed by atoms with E-state index in [2.05, 4.69) is 0 Å². The van der Waals surface area contributed by atoms with Crippen LogP contribution >= 0.6 is 11.3 Å². The van der Waals surface area contributed by atoms with Crippen LogP contribution in [0.25, 0.3) is 0 Å². The van der Waals surface area contributed by atoms with E-state index in [0.717, 1.165) is 4.88 Å². The van der Waals surface area contributed by atoms with Gasteiger partial charge in [-0.05, 0) is 18.4 Å². The molecule has 0 saturated carbocycles. The summed E-state index contributed by atoms with van der Waals surface area (Å²) in [6.45, 7) is 3.14. The Balaban J connectivity index is 2.30. The second-order valence-electron chi connectivity index (χ2n) is 2.35. The number of hydrogen-bond donors (Lipinski definition) is 0. The predicted octanol–water partition coefficient (Wildman–Crippen LogP) is 2.36. The molecule has 2 nitrogen and oxygen atoms in total. The molecule has 0 spiro atoms. The van der Waals surface area contributed by atoms with Gasteiger partial charge in [-0.25, -0.2) is 0 Å². The summed E-state index contributed by atoms with van der Waals surface area (Å²) in [7, 11) is 0. The molecule has 0 aliphatic carbocycles. The van der Waals surface area contributed by atoms with Crippen molar-refractivity contribution in [3.63, 3.8) is 0 Å². The molecule has 66 valence electrons. The molecule has 0 fully saturated rings. The van der Waals surface area contributed by atoms with E-state index in [4.69, 9.17) is 4.74 Å². The van der Waals surface area contributed by atoms with Gasteiger partial charge in [0.1, 0.15) is 0 Å². The van der Waals surface area contributed by atoms with Gasteiger partial charge in [0.05, 0.1) is 11.5 Å². The van der Waals surface area contributed by atoms with Crippen molar-refractivity contribution in [3.8, 4) is 0 Å². The molecule has 1 aromatic rings. The Morgan fingerprint density at radius 2 is 2.50 bits per heavy atom. The van der Waals surface area contributed by atoms with Crippen molar-refractivity contribution in [1.82, 2.24) is 0 Å². The highest BCUT2D eigenvalue weighted by Gasteiger charge is 2.05. The Morgan fingerprint density at radius 1 is 1.67 bits per heavy atom. The number of thiophene rings is 1. The Bertz CT molecular complexity index is 229. The molecule has 0 unspecified atom stereocenters. The normalized spacial score (nSPS) is 10.1. The van der Waals surface area contributed by atoms with Gasteiger partial charge >= 0.3 is 0 Å². The van der Waals surface area contributed by atoms with Gasteiger partial charge in [0.25, 0.3) is 0 Å². The van der Waals surface area contributed by atoms with Crippen LogP contribution in [-0.2, 0) is 4.74 Å². The second-order valence-corrected chi connectivity index (χ2v) is 3.30. The van der Waals surface area contributed by atoms with Gasteiger partial charge in [0.15, 0.2) is 5.78 Å². The maximum atomic E-state index is 11.3. The van der Waals surface area contributed by atoms with E-state index in [9.17, 15) is 4.79 Å².